The van der Waals surface area contributed by atoms with Crippen molar-refractivity contribution in [1.82, 2.24) is 14.8 Å². The van der Waals surface area contributed by atoms with Crippen LogP contribution >= 0.6 is 0 Å². The van der Waals surface area contributed by atoms with Gasteiger partial charge in [0.15, 0.2) is 0 Å². The molecule has 0 radical (unpaired) electrons. The number of carbonyl (C=O) groups excluding carboxylic acids is 2. The van der Waals surface area contributed by atoms with Crippen LogP contribution in [0.15, 0.2) is 48.7 Å². The van der Waals surface area contributed by atoms with Crippen LogP contribution in [0, 0.1) is 6.92 Å². The quantitative estimate of drug-likeness (QED) is 0.853. The highest BCUT2D eigenvalue weighted by Gasteiger charge is 2.33. The summed E-state index contributed by atoms with van der Waals surface area (Å²) in [5.74, 6) is -0.0396. The van der Waals surface area contributed by atoms with Gasteiger partial charge in [-0.15, -0.1) is 0 Å². The monoisotopic (exact) mass is 323 g/mol. The van der Waals surface area contributed by atoms with Gasteiger partial charge < -0.3 is 9.80 Å². The number of piperazine rings is 1. The molecular weight excluding hydrogens is 302 g/mol. The summed E-state index contributed by atoms with van der Waals surface area (Å²) in [5.41, 5.74) is 2.38. The number of rotatable bonds is 2. The van der Waals surface area contributed by atoms with Crippen LogP contribution in [0.25, 0.3) is 0 Å². The number of nitrogens with zero attached hydrogens (tertiary/aromatic N) is 3. The van der Waals surface area contributed by atoms with Gasteiger partial charge in [-0.1, -0.05) is 36.4 Å². The Hall–Kier alpha value is -2.69. The second-order valence-electron chi connectivity index (χ2n) is 6.06. The highest BCUT2D eigenvalue weighted by molar-refractivity contribution is 5.94. The predicted molar refractivity (Wildman–Crippen MR) is 91.4 cm³/mol. The van der Waals surface area contributed by atoms with Crippen molar-refractivity contribution in [3.05, 3.63) is 65.5 Å². The number of aryl methyl sites for hydroxylation is 1. The number of carbonyl (C=O) groups is 2. The molecule has 5 heteroatoms. The first-order valence-corrected chi connectivity index (χ1v) is 8.11. The van der Waals surface area contributed by atoms with Crippen molar-refractivity contribution >= 4 is 11.8 Å². The van der Waals surface area contributed by atoms with E-state index in [1.54, 1.807) is 18.0 Å². The van der Waals surface area contributed by atoms with Crippen LogP contribution in [0.1, 0.15) is 34.6 Å². The molecule has 3 rings (SSSR count). The van der Waals surface area contributed by atoms with Crippen molar-refractivity contribution in [3.8, 4) is 0 Å². The largest absolute Gasteiger partial charge is 0.339 e. The van der Waals surface area contributed by atoms with Crippen LogP contribution in [-0.2, 0) is 4.79 Å². The van der Waals surface area contributed by atoms with Gasteiger partial charge in [-0.25, -0.2) is 0 Å². The van der Waals surface area contributed by atoms with Gasteiger partial charge >= 0.3 is 0 Å². The Balaban J connectivity index is 1.94. The van der Waals surface area contributed by atoms with Crippen LogP contribution in [-0.4, -0.2) is 46.2 Å². The lowest BCUT2D eigenvalue weighted by Gasteiger charge is -2.41. The Labute approximate surface area is 141 Å². The summed E-state index contributed by atoms with van der Waals surface area (Å²) in [7, 11) is 0. The molecule has 2 heterocycles. The fourth-order valence-corrected chi connectivity index (χ4v) is 3.12. The first-order valence-electron chi connectivity index (χ1n) is 8.11. The summed E-state index contributed by atoms with van der Waals surface area (Å²) in [6.45, 7) is 5.03. The molecule has 0 bridgehead atoms. The van der Waals surface area contributed by atoms with E-state index in [9.17, 15) is 9.59 Å². The first kappa shape index (κ1) is 16.2. The Morgan fingerprint density at radius 2 is 1.83 bits per heavy atom. The summed E-state index contributed by atoms with van der Waals surface area (Å²) >= 11 is 0. The second kappa shape index (κ2) is 6.83. The van der Waals surface area contributed by atoms with Crippen molar-refractivity contribution in [2.24, 2.45) is 0 Å². The molecule has 0 aliphatic carbocycles. The van der Waals surface area contributed by atoms with E-state index in [2.05, 4.69) is 4.98 Å². The lowest BCUT2D eigenvalue weighted by Crippen LogP contribution is -2.52. The van der Waals surface area contributed by atoms with Crippen LogP contribution in [0.5, 0.6) is 0 Å². The summed E-state index contributed by atoms with van der Waals surface area (Å²) in [6, 6.07) is 13.4. The number of aromatic nitrogens is 1. The molecule has 24 heavy (non-hydrogen) atoms. The number of pyridine rings is 1. The highest BCUT2D eigenvalue weighted by atomic mass is 16.2. The summed E-state index contributed by atoms with van der Waals surface area (Å²) < 4.78 is 0. The molecular formula is C19H21N3O2. The molecule has 1 fully saturated rings. The molecule has 2 aromatic rings. The molecule has 1 aliphatic heterocycles. The number of hydrogen-bond acceptors (Lipinski definition) is 3. The van der Waals surface area contributed by atoms with Crippen LogP contribution in [0.3, 0.4) is 0 Å². The Kier molecular flexibility index (Phi) is 4.60. The lowest BCUT2D eigenvalue weighted by molar-refractivity contribution is -0.131. The van der Waals surface area contributed by atoms with Gasteiger partial charge in [0, 0.05) is 32.8 Å². The molecule has 1 atom stereocenters. The molecule has 1 aromatic carbocycles. The minimum Gasteiger partial charge on any atom is -0.339 e. The maximum Gasteiger partial charge on any atom is 0.273 e. The van der Waals surface area contributed by atoms with E-state index >= 15 is 0 Å². The molecule has 2 amide bonds. The van der Waals surface area contributed by atoms with E-state index in [-0.39, 0.29) is 17.9 Å². The topological polar surface area (TPSA) is 53.5 Å². The minimum absolute atomic E-state index is 0.0389. The average molecular weight is 323 g/mol. The van der Waals surface area contributed by atoms with Crippen LogP contribution in [0.2, 0.25) is 0 Å². The third-order valence-corrected chi connectivity index (χ3v) is 4.48. The molecule has 1 saturated heterocycles. The fourth-order valence-electron chi connectivity index (χ4n) is 3.12. The number of hydrogen-bond donors (Lipinski definition) is 0. The second-order valence-corrected chi connectivity index (χ2v) is 6.06. The molecule has 1 aliphatic rings. The average Bonchev–Trinajstić information content (AvgIpc) is 2.62. The van der Waals surface area contributed by atoms with Crippen molar-refractivity contribution in [3.63, 3.8) is 0 Å². The molecule has 0 saturated carbocycles. The molecule has 0 spiro atoms. The zero-order valence-corrected chi connectivity index (χ0v) is 14.0. The molecule has 1 aromatic heterocycles. The third kappa shape index (κ3) is 3.15. The summed E-state index contributed by atoms with van der Waals surface area (Å²) in [6.07, 6.45) is 1.64. The third-order valence-electron chi connectivity index (χ3n) is 4.48. The maximum atomic E-state index is 13.0. The number of benzene rings is 1. The van der Waals surface area contributed by atoms with E-state index in [0.29, 0.717) is 25.3 Å². The highest BCUT2D eigenvalue weighted by Crippen LogP contribution is 2.27. The van der Waals surface area contributed by atoms with Gasteiger partial charge in [-0.2, -0.15) is 0 Å². The minimum atomic E-state index is -0.155. The zero-order valence-electron chi connectivity index (χ0n) is 14.0. The van der Waals surface area contributed by atoms with Crippen molar-refractivity contribution < 1.29 is 9.59 Å². The Morgan fingerprint density at radius 1 is 1.08 bits per heavy atom. The standard InChI is InChI=1S/C19H21N3O2/c1-14-7-6-10-20-18(14)19(24)22-12-11-21(15(2)23)13-17(22)16-8-4-3-5-9-16/h3-10,17H,11-13H2,1-2H3. The lowest BCUT2D eigenvalue weighted by atomic mass is 10.0. The first-order chi connectivity index (χ1) is 11.6. The molecule has 5 nitrogen and oxygen atoms in total. The fraction of sp³-hybridized carbons (Fsp3) is 0.316. The van der Waals surface area contributed by atoms with Crippen molar-refractivity contribution in [2.75, 3.05) is 19.6 Å². The molecule has 124 valence electrons. The van der Waals surface area contributed by atoms with Crippen LogP contribution in [0.4, 0.5) is 0 Å². The van der Waals surface area contributed by atoms with E-state index in [4.69, 9.17) is 0 Å². The molecule has 0 N–H and O–H groups in total. The predicted octanol–water partition coefficient (Wildman–Crippen LogP) is 2.44. The van der Waals surface area contributed by atoms with E-state index in [1.165, 1.54) is 0 Å². The smallest absolute Gasteiger partial charge is 0.273 e. The van der Waals surface area contributed by atoms with E-state index in [0.717, 1.165) is 11.1 Å². The molecule has 1 unspecified atom stereocenters. The summed E-state index contributed by atoms with van der Waals surface area (Å²) in [4.78, 5) is 32.7. The van der Waals surface area contributed by atoms with Gasteiger partial charge in [0.1, 0.15) is 5.69 Å². The van der Waals surface area contributed by atoms with E-state index < -0.39 is 0 Å². The SMILES string of the molecule is CC(=O)N1CCN(C(=O)c2ncccc2C)C(c2ccccc2)C1. The Morgan fingerprint density at radius 3 is 2.50 bits per heavy atom. The maximum absolute atomic E-state index is 13.0. The van der Waals surface area contributed by atoms with Crippen LogP contribution < -0.4 is 0 Å². The number of amides is 2. The van der Waals surface area contributed by atoms with Crippen molar-refractivity contribution in [1.29, 1.82) is 0 Å². The van der Waals surface area contributed by atoms with Gasteiger partial charge in [-0.3, -0.25) is 14.6 Å². The normalized spacial score (nSPS) is 17.7. The van der Waals surface area contributed by atoms with Gasteiger partial charge in [0.2, 0.25) is 5.91 Å². The van der Waals surface area contributed by atoms with Gasteiger partial charge in [-0.05, 0) is 24.1 Å². The van der Waals surface area contributed by atoms with Gasteiger partial charge in [0.25, 0.3) is 5.91 Å². The Bertz CT molecular complexity index is 745. The van der Waals surface area contributed by atoms with Crippen molar-refractivity contribution in [2.45, 2.75) is 19.9 Å². The van der Waals surface area contributed by atoms with E-state index in [1.807, 2.05) is 54.3 Å². The van der Waals surface area contributed by atoms with Gasteiger partial charge in [0.05, 0.1) is 6.04 Å². The summed E-state index contributed by atoms with van der Waals surface area (Å²) in [5, 5.41) is 0. The zero-order chi connectivity index (χ0) is 17.1.